The van der Waals surface area contributed by atoms with Crippen LogP contribution in [0.2, 0.25) is 0 Å². The van der Waals surface area contributed by atoms with Crippen LogP contribution in [-0.2, 0) is 10.0 Å². The highest BCUT2D eigenvalue weighted by Gasteiger charge is 2.28. The number of sulfonamides is 1. The Morgan fingerprint density at radius 2 is 2.00 bits per heavy atom. The molecule has 1 aromatic rings. The standard InChI is InChI=1S/C11H14FN3O4S2/c12-9-5-8(15(16)17)6-10(13)11(9)21(18,19)14-7-1-3-20-4-2-7/h5-7,14H,1-4,13H2. The number of nitro benzene ring substituents is 1. The van der Waals surface area contributed by atoms with Crippen LogP contribution >= 0.6 is 11.8 Å². The van der Waals surface area contributed by atoms with Gasteiger partial charge in [0.15, 0.2) is 5.82 Å². The quantitative estimate of drug-likeness (QED) is 0.489. The van der Waals surface area contributed by atoms with E-state index >= 15 is 0 Å². The van der Waals surface area contributed by atoms with Crippen molar-refractivity contribution in [3.8, 4) is 0 Å². The van der Waals surface area contributed by atoms with E-state index in [9.17, 15) is 22.9 Å². The highest BCUT2D eigenvalue weighted by molar-refractivity contribution is 7.99. The second kappa shape index (κ2) is 6.16. The van der Waals surface area contributed by atoms with Gasteiger partial charge >= 0.3 is 0 Å². The molecule has 0 aromatic heterocycles. The van der Waals surface area contributed by atoms with E-state index in [2.05, 4.69) is 4.72 Å². The molecule has 1 fully saturated rings. The average Bonchev–Trinajstić information content (AvgIpc) is 2.37. The summed E-state index contributed by atoms with van der Waals surface area (Å²) in [5.41, 5.74) is 4.43. The molecule has 0 unspecified atom stereocenters. The van der Waals surface area contributed by atoms with Gasteiger partial charge in [0, 0.05) is 12.1 Å². The maximum atomic E-state index is 13.9. The van der Waals surface area contributed by atoms with E-state index in [-0.39, 0.29) is 6.04 Å². The summed E-state index contributed by atoms with van der Waals surface area (Å²) in [5, 5.41) is 10.6. The van der Waals surface area contributed by atoms with Gasteiger partial charge in [0.2, 0.25) is 10.0 Å². The molecule has 2 rings (SSSR count). The molecule has 0 aliphatic carbocycles. The first-order valence-electron chi connectivity index (χ1n) is 6.15. The van der Waals surface area contributed by atoms with Gasteiger partial charge in [-0.05, 0) is 24.3 Å². The van der Waals surface area contributed by atoms with Gasteiger partial charge in [0.1, 0.15) is 4.90 Å². The SMILES string of the molecule is Nc1cc([N+](=O)[O-])cc(F)c1S(=O)(=O)NC1CCSCC1. The molecular formula is C11H14FN3O4S2. The minimum atomic E-state index is -4.15. The molecule has 116 valence electrons. The number of halogens is 1. The molecule has 3 N–H and O–H groups in total. The van der Waals surface area contributed by atoms with Crippen LogP contribution in [0.1, 0.15) is 12.8 Å². The molecule has 0 spiro atoms. The summed E-state index contributed by atoms with van der Waals surface area (Å²) in [6, 6.07) is 1.13. The lowest BCUT2D eigenvalue weighted by atomic mass is 10.2. The van der Waals surface area contributed by atoms with Gasteiger partial charge in [-0.15, -0.1) is 0 Å². The molecule has 1 aliphatic rings. The predicted molar refractivity (Wildman–Crippen MR) is 78.1 cm³/mol. The van der Waals surface area contributed by atoms with E-state index < -0.39 is 37.0 Å². The fourth-order valence-electron chi connectivity index (χ4n) is 2.08. The molecule has 1 aliphatic heterocycles. The van der Waals surface area contributed by atoms with Crippen LogP contribution in [0, 0.1) is 15.9 Å². The summed E-state index contributed by atoms with van der Waals surface area (Å²) in [6.07, 6.45) is 1.30. The normalized spacial score (nSPS) is 16.8. The molecule has 1 saturated heterocycles. The fourth-order valence-corrected chi connectivity index (χ4v) is 4.67. The number of non-ortho nitro benzene ring substituents is 1. The molecule has 1 aromatic carbocycles. The number of nitrogens with zero attached hydrogens (tertiary/aromatic N) is 1. The number of hydrogen-bond acceptors (Lipinski definition) is 6. The number of thioether (sulfide) groups is 1. The zero-order valence-corrected chi connectivity index (χ0v) is 12.5. The Bertz CT molecular complexity index is 636. The van der Waals surface area contributed by atoms with Gasteiger partial charge in [-0.2, -0.15) is 11.8 Å². The second-order valence-corrected chi connectivity index (χ2v) is 7.49. The van der Waals surface area contributed by atoms with Crippen molar-refractivity contribution in [2.75, 3.05) is 17.2 Å². The zero-order valence-electron chi connectivity index (χ0n) is 10.9. The molecule has 7 nitrogen and oxygen atoms in total. The Balaban J connectivity index is 2.33. The van der Waals surface area contributed by atoms with Crippen LogP contribution in [0.3, 0.4) is 0 Å². The van der Waals surface area contributed by atoms with Gasteiger partial charge in [0.05, 0.1) is 16.7 Å². The van der Waals surface area contributed by atoms with Crippen LogP contribution in [0.15, 0.2) is 17.0 Å². The number of nitrogens with two attached hydrogens (primary N) is 1. The van der Waals surface area contributed by atoms with Crippen molar-refractivity contribution < 1.29 is 17.7 Å². The minimum absolute atomic E-state index is 0.273. The van der Waals surface area contributed by atoms with Gasteiger partial charge in [-0.25, -0.2) is 17.5 Å². The molecule has 1 heterocycles. The maximum absolute atomic E-state index is 13.9. The molecule has 0 bridgehead atoms. The number of nitrogens with one attached hydrogen (secondary N) is 1. The minimum Gasteiger partial charge on any atom is -0.397 e. The first-order chi connectivity index (χ1) is 9.81. The molecule has 0 radical (unpaired) electrons. The topological polar surface area (TPSA) is 115 Å². The summed E-state index contributed by atoms with van der Waals surface area (Å²) in [6.45, 7) is 0. The first kappa shape index (κ1) is 16.0. The van der Waals surface area contributed by atoms with Crippen LogP contribution in [0.4, 0.5) is 15.8 Å². The third-order valence-electron chi connectivity index (χ3n) is 3.08. The number of anilines is 1. The summed E-state index contributed by atoms with van der Waals surface area (Å²) >= 11 is 1.72. The lowest BCUT2D eigenvalue weighted by Gasteiger charge is -2.22. The summed E-state index contributed by atoms with van der Waals surface area (Å²) in [4.78, 5) is 9.04. The third kappa shape index (κ3) is 3.63. The van der Waals surface area contributed by atoms with Gasteiger partial charge in [-0.1, -0.05) is 0 Å². The van der Waals surface area contributed by atoms with Crippen molar-refractivity contribution in [1.29, 1.82) is 0 Å². The zero-order chi connectivity index (χ0) is 15.6. The van der Waals surface area contributed by atoms with Gasteiger partial charge in [0.25, 0.3) is 5.69 Å². The molecule has 21 heavy (non-hydrogen) atoms. The number of rotatable bonds is 4. The molecular weight excluding hydrogens is 321 g/mol. The number of nitrogen functional groups attached to an aromatic ring is 1. The summed E-state index contributed by atoms with van der Waals surface area (Å²) in [7, 11) is -4.15. The number of nitro groups is 1. The van der Waals surface area contributed by atoms with Crippen molar-refractivity contribution in [2.45, 2.75) is 23.8 Å². The smallest absolute Gasteiger partial charge is 0.274 e. The van der Waals surface area contributed by atoms with Crippen molar-refractivity contribution in [3.63, 3.8) is 0 Å². The number of hydrogen-bond donors (Lipinski definition) is 2. The highest BCUT2D eigenvalue weighted by Crippen LogP contribution is 2.28. The van der Waals surface area contributed by atoms with E-state index in [4.69, 9.17) is 5.73 Å². The van der Waals surface area contributed by atoms with Crippen LogP contribution in [-0.4, -0.2) is 30.9 Å². The Morgan fingerprint density at radius 3 is 2.52 bits per heavy atom. The van der Waals surface area contributed by atoms with Crippen LogP contribution in [0.25, 0.3) is 0 Å². The molecule has 10 heteroatoms. The van der Waals surface area contributed by atoms with Crippen LogP contribution in [0.5, 0.6) is 0 Å². The van der Waals surface area contributed by atoms with E-state index in [1.165, 1.54) is 0 Å². The van der Waals surface area contributed by atoms with Crippen molar-refractivity contribution in [2.24, 2.45) is 0 Å². The van der Waals surface area contributed by atoms with E-state index in [1.807, 2.05) is 0 Å². The van der Waals surface area contributed by atoms with Crippen molar-refractivity contribution in [3.05, 3.63) is 28.1 Å². The third-order valence-corrected chi connectivity index (χ3v) is 5.74. The fraction of sp³-hybridized carbons (Fsp3) is 0.455. The number of benzene rings is 1. The Hall–Kier alpha value is -1.39. The lowest BCUT2D eigenvalue weighted by Crippen LogP contribution is -2.38. The second-order valence-electron chi connectivity index (χ2n) is 4.61. The van der Waals surface area contributed by atoms with Crippen molar-refractivity contribution in [1.82, 2.24) is 4.72 Å². The Morgan fingerprint density at radius 1 is 1.38 bits per heavy atom. The van der Waals surface area contributed by atoms with Gasteiger partial charge < -0.3 is 5.73 Å². The Kier molecular flexibility index (Phi) is 4.69. The molecule has 0 saturated carbocycles. The monoisotopic (exact) mass is 335 g/mol. The van der Waals surface area contributed by atoms with E-state index in [0.29, 0.717) is 18.9 Å². The molecule has 0 atom stereocenters. The van der Waals surface area contributed by atoms with Gasteiger partial charge in [-0.3, -0.25) is 10.1 Å². The molecule has 0 amide bonds. The lowest BCUT2D eigenvalue weighted by molar-refractivity contribution is -0.385. The van der Waals surface area contributed by atoms with Crippen molar-refractivity contribution >= 4 is 33.2 Å². The maximum Gasteiger partial charge on any atom is 0.274 e. The van der Waals surface area contributed by atoms with E-state index in [0.717, 1.165) is 17.6 Å². The Labute approximate surface area is 125 Å². The first-order valence-corrected chi connectivity index (χ1v) is 8.78. The predicted octanol–water partition coefficient (Wildman–Crippen LogP) is 1.49. The average molecular weight is 335 g/mol. The largest absolute Gasteiger partial charge is 0.397 e. The summed E-state index contributed by atoms with van der Waals surface area (Å²) in [5.74, 6) is 0.427. The van der Waals surface area contributed by atoms with E-state index in [1.54, 1.807) is 11.8 Å². The highest BCUT2D eigenvalue weighted by atomic mass is 32.2. The summed E-state index contributed by atoms with van der Waals surface area (Å²) < 4.78 is 40.8. The van der Waals surface area contributed by atoms with Crippen LogP contribution < -0.4 is 10.5 Å².